The average molecular weight is 180 g/mol. The van der Waals surface area contributed by atoms with E-state index >= 15 is 0 Å². The number of sulfone groups is 1. The van der Waals surface area contributed by atoms with Crippen molar-refractivity contribution >= 4 is 26.9 Å². The molecule has 0 amide bonds. The average Bonchev–Trinajstić information content (AvgIpc) is 1.62. The standard InChI is InChI=1S/C6H12O2S2/c1-5(9)6(2,3)10(4,7)8/h1-4H3. The van der Waals surface area contributed by atoms with Crippen molar-refractivity contribution in [2.24, 2.45) is 0 Å². The Labute approximate surface area is 67.5 Å². The first-order valence-electron chi connectivity index (χ1n) is 2.90. The largest absolute Gasteiger partial charge is 0.228 e. The first-order chi connectivity index (χ1) is 4.19. The minimum absolute atomic E-state index is 0.509. The van der Waals surface area contributed by atoms with Gasteiger partial charge >= 0.3 is 0 Å². The smallest absolute Gasteiger partial charge is 0.157 e. The predicted octanol–water partition coefficient (Wildman–Crippen LogP) is 1.20. The van der Waals surface area contributed by atoms with Crippen molar-refractivity contribution in [1.82, 2.24) is 0 Å². The van der Waals surface area contributed by atoms with Crippen LogP contribution in [0.15, 0.2) is 0 Å². The highest BCUT2D eigenvalue weighted by Crippen LogP contribution is 2.16. The first-order valence-corrected chi connectivity index (χ1v) is 5.20. The Bertz CT molecular complexity index is 236. The lowest BCUT2D eigenvalue weighted by Gasteiger charge is -2.20. The molecule has 0 fully saturated rings. The van der Waals surface area contributed by atoms with E-state index in [1.54, 1.807) is 20.8 Å². The van der Waals surface area contributed by atoms with E-state index in [9.17, 15) is 8.42 Å². The number of hydrogen-bond acceptors (Lipinski definition) is 3. The van der Waals surface area contributed by atoms with Crippen molar-refractivity contribution in [3.8, 4) is 0 Å². The van der Waals surface area contributed by atoms with Crippen LogP contribution >= 0.6 is 12.2 Å². The fourth-order valence-electron chi connectivity index (χ4n) is 0.261. The van der Waals surface area contributed by atoms with Crippen LogP contribution in [0.2, 0.25) is 0 Å². The Morgan fingerprint density at radius 2 is 1.70 bits per heavy atom. The summed E-state index contributed by atoms with van der Waals surface area (Å²) in [5.74, 6) is 0. The van der Waals surface area contributed by atoms with Crippen LogP contribution in [0.3, 0.4) is 0 Å². The van der Waals surface area contributed by atoms with E-state index < -0.39 is 14.6 Å². The van der Waals surface area contributed by atoms with Crippen molar-refractivity contribution < 1.29 is 8.42 Å². The third kappa shape index (κ3) is 1.76. The molecular weight excluding hydrogens is 168 g/mol. The topological polar surface area (TPSA) is 34.1 Å². The van der Waals surface area contributed by atoms with Gasteiger partial charge in [-0.3, -0.25) is 0 Å². The highest BCUT2D eigenvalue weighted by molar-refractivity contribution is 7.94. The van der Waals surface area contributed by atoms with Gasteiger partial charge in [0.05, 0.1) is 4.75 Å². The van der Waals surface area contributed by atoms with Gasteiger partial charge in [0.15, 0.2) is 9.84 Å². The molecule has 0 atom stereocenters. The van der Waals surface area contributed by atoms with Crippen LogP contribution in [0.4, 0.5) is 0 Å². The van der Waals surface area contributed by atoms with E-state index in [1.807, 2.05) is 0 Å². The van der Waals surface area contributed by atoms with Gasteiger partial charge in [0.25, 0.3) is 0 Å². The zero-order valence-corrected chi connectivity index (χ0v) is 8.27. The predicted molar refractivity (Wildman–Crippen MR) is 47.2 cm³/mol. The summed E-state index contributed by atoms with van der Waals surface area (Å²) < 4.78 is 21.2. The number of hydrogen-bond donors (Lipinski definition) is 0. The third-order valence-corrected chi connectivity index (χ3v) is 4.57. The SMILES string of the molecule is CC(=S)C(C)(C)S(C)(=O)=O. The summed E-state index contributed by atoms with van der Waals surface area (Å²) in [6.07, 6.45) is 1.20. The quantitative estimate of drug-likeness (QED) is 0.599. The summed E-state index contributed by atoms with van der Waals surface area (Å²) in [4.78, 5) is 0.509. The molecule has 0 rings (SSSR count). The Balaban J connectivity index is 4.95. The van der Waals surface area contributed by atoms with Gasteiger partial charge in [-0.15, -0.1) is 0 Å². The minimum Gasteiger partial charge on any atom is -0.228 e. The minimum atomic E-state index is -3.04. The van der Waals surface area contributed by atoms with Crippen LogP contribution in [-0.4, -0.2) is 24.3 Å². The second-order valence-electron chi connectivity index (χ2n) is 2.84. The molecule has 0 unspecified atom stereocenters. The second kappa shape index (κ2) is 2.58. The molecule has 0 aromatic carbocycles. The lowest BCUT2D eigenvalue weighted by Crippen LogP contribution is -2.37. The van der Waals surface area contributed by atoms with Gasteiger partial charge in [-0.05, 0) is 20.8 Å². The van der Waals surface area contributed by atoms with Gasteiger partial charge in [0.1, 0.15) is 0 Å². The Morgan fingerprint density at radius 3 is 1.70 bits per heavy atom. The lowest BCUT2D eigenvalue weighted by molar-refractivity contribution is 0.584. The summed E-state index contributed by atoms with van der Waals surface area (Å²) in [6.45, 7) is 4.88. The lowest BCUT2D eigenvalue weighted by atomic mass is 10.1. The maximum absolute atomic E-state index is 11.0. The summed E-state index contributed by atoms with van der Waals surface area (Å²) in [5, 5.41) is 0. The van der Waals surface area contributed by atoms with E-state index in [0.29, 0.717) is 4.86 Å². The molecule has 0 aliphatic heterocycles. The van der Waals surface area contributed by atoms with E-state index in [4.69, 9.17) is 12.2 Å². The molecular formula is C6H12O2S2. The van der Waals surface area contributed by atoms with E-state index in [1.165, 1.54) is 6.26 Å². The molecule has 0 saturated heterocycles. The highest BCUT2D eigenvalue weighted by atomic mass is 32.2. The summed E-state index contributed by atoms with van der Waals surface area (Å²) >= 11 is 4.80. The molecule has 10 heavy (non-hydrogen) atoms. The number of rotatable bonds is 2. The highest BCUT2D eigenvalue weighted by Gasteiger charge is 2.31. The fourth-order valence-corrected chi connectivity index (χ4v) is 1.24. The van der Waals surface area contributed by atoms with Crippen molar-refractivity contribution in [1.29, 1.82) is 0 Å². The summed E-state index contributed by atoms with van der Waals surface area (Å²) in [7, 11) is -3.04. The van der Waals surface area contributed by atoms with Crippen molar-refractivity contribution in [3.05, 3.63) is 0 Å². The molecule has 0 saturated carbocycles. The third-order valence-electron chi connectivity index (χ3n) is 1.77. The second-order valence-corrected chi connectivity index (χ2v) is 6.02. The van der Waals surface area contributed by atoms with Gasteiger partial charge in [0, 0.05) is 11.1 Å². The van der Waals surface area contributed by atoms with Gasteiger partial charge < -0.3 is 0 Å². The van der Waals surface area contributed by atoms with Gasteiger partial charge in [-0.25, -0.2) is 8.42 Å². The first kappa shape index (κ1) is 10.0. The summed E-state index contributed by atoms with van der Waals surface area (Å²) in [5.41, 5.74) is 0. The molecule has 0 aromatic heterocycles. The Kier molecular flexibility index (Phi) is 2.59. The maximum atomic E-state index is 11.0. The van der Waals surface area contributed by atoms with Crippen LogP contribution in [-0.2, 0) is 9.84 Å². The normalized spacial score (nSPS) is 13.2. The zero-order valence-electron chi connectivity index (χ0n) is 6.63. The fraction of sp³-hybridized carbons (Fsp3) is 0.833. The van der Waals surface area contributed by atoms with Crippen molar-refractivity contribution in [2.45, 2.75) is 25.5 Å². The van der Waals surface area contributed by atoms with Crippen molar-refractivity contribution in [3.63, 3.8) is 0 Å². The molecule has 0 spiro atoms. The molecule has 2 nitrogen and oxygen atoms in total. The Hall–Kier alpha value is 0.0400. The van der Waals surface area contributed by atoms with E-state index in [0.717, 1.165) is 0 Å². The maximum Gasteiger partial charge on any atom is 0.157 e. The van der Waals surface area contributed by atoms with Gasteiger partial charge in [-0.1, -0.05) is 12.2 Å². The molecule has 0 N–H and O–H groups in total. The van der Waals surface area contributed by atoms with Crippen LogP contribution in [0.5, 0.6) is 0 Å². The molecule has 60 valence electrons. The van der Waals surface area contributed by atoms with Gasteiger partial charge in [0.2, 0.25) is 0 Å². The van der Waals surface area contributed by atoms with E-state index in [2.05, 4.69) is 0 Å². The van der Waals surface area contributed by atoms with E-state index in [-0.39, 0.29) is 0 Å². The number of thiocarbonyl (C=S) groups is 1. The molecule has 4 heteroatoms. The molecule has 0 aliphatic carbocycles. The van der Waals surface area contributed by atoms with Crippen molar-refractivity contribution in [2.75, 3.05) is 6.26 Å². The van der Waals surface area contributed by atoms with Crippen LogP contribution < -0.4 is 0 Å². The van der Waals surface area contributed by atoms with Crippen LogP contribution in [0, 0.1) is 0 Å². The van der Waals surface area contributed by atoms with Crippen LogP contribution in [0.1, 0.15) is 20.8 Å². The van der Waals surface area contributed by atoms with Crippen LogP contribution in [0.25, 0.3) is 0 Å². The molecule has 0 radical (unpaired) electrons. The molecule has 0 aromatic rings. The summed E-state index contributed by atoms with van der Waals surface area (Å²) in [6, 6.07) is 0. The molecule has 0 aliphatic rings. The van der Waals surface area contributed by atoms with Gasteiger partial charge in [-0.2, -0.15) is 0 Å². The zero-order chi connectivity index (χ0) is 8.58. The monoisotopic (exact) mass is 180 g/mol. The molecule has 0 bridgehead atoms. The molecule has 0 heterocycles. The Morgan fingerprint density at radius 1 is 1.40 bits per heavy atom.